The first-order chi connectivity index (χ1) is 15.0. The molecular formula is C17H15N7O7. The van der Waals surface area contributed by atoms with E-state index in [-0.39, 0.29) is 43.8 Å². The van der Waals surface area contributed by atoms with Crippen LogP contribution in [-0.4, -0.2) is 56.5 Å². The summed E-state index contributed by atoms with van der Waals surface area (Å²) < 4.78 is 16.6. The summed E-state index contributed by atoms with van der Waals surface area (Å²) in [7, 11) is 0. The van der Waals surface area contributed by atoms with Crippen molar-refractivity contribution in [1.29, 1.82) is 0 Å². The molecule has 0 radical (unpaired) electrons. The van der Waals surface area contributed by atoms with E-state index in [0.29, 0.717) is 17.1 Å². The second-order valence-electron chi connectivity index (χ2n) is 6.25. The van der Waals surface area contributed by atoms with Crippen LogP contribution in [0.2, 0.25) is 0 Å². The lowest BCUT2D eigenvalue weighted by Crippen LogP contribution is -2.36. The minimum absolute atomic E-state index is 0.103. The quantitative estimate of drug-likeness (QED) is 0.284. The maximum absolute atomic E-state index is 12.1. The topological polar surface area (TPSA) is 177 Å². The number of aromatic nitrogens is 4. The zero-order valence-electron chi connectivity index (χ0n) is 15.8. The molecule has 0 unspecified atom stereocenters. The van der Waals surface area contributed by atoms with E-state index in [4.69, 9.17) is 14.0 Å². The van der Waals surface area contributed by atoms with Crippen LogP contribution in [0.25, 0.3) is 11.4 Å². The Morgan fingerprint density at radius 1 is 1.19 bits per heavy atom. The number of ether oxygens (including phenoxy) is 2. The molecule has 31 heavy (non-hydrogen) atoms. The summed E-state index contributed by atoms with van der Waals surface area (Å²) in [6, 6.07) is 5.10. The number of amides is 2. The van der Waals surface area contributed by atoms with Gasteiger partial charge in [0.1, 0.15) is 18.9 Å². The van der Waals surface area contributed by atoms with Gasteiger partial charge in [-0.15, -0.1) is 0 Å². The first-order valence-electron chi connectivity index (χ1n) is 8.95. The monoisotopic (exact) mass is 429 g/mol. The molecule has 2 amide bonds. The fourth-order valence-electron chi connectivity index (χ4n) is 2.66. The third kappa shape index (κ3) is 4.58. The maximum atomic E-state index is 12.1. The zero-order chi connectivity index (χ0) is 21.8. The number of nitro groups is 1. The van der Waals surface area contributed by atoms with Gasteiger partial charge in [0.25, 0.3) is 0 Å². The van der Waals surface area contributed by atoms with Gasteiger partial charge in [0.15, 0.2) is 11.5 Å². The highest BCUT2D eigenvalue weighted by atomic mass is 16.7. The summed E-state index contributed by atoms with van der Waals surface area (Å²) >= 11 is 0. The second-order valence-corrected chi connectivity index (χ2v) is 6.25. The Balaban J connectivity index is 1.23. The molecule has 0 fully saturated rings. The Labute approximate surface area is 173 Å². The fourth-order valence-corrected chi connectivity index (χ4v) is 2.66. The van der Waals surface area contributed by atoms with E-state index in [1.54, 1.807) is 18.2 Å². The number of hydrogen-bond acceptors (Lipinski definition) is 10. The number of carbonyl (C=O) groups is 2. The van der Waals surface area contributed by atoms with Crippen LogP contribution < -0.4 is 20.1 Å². The molecule has 160 valence electrons. The summed E-state index contributed by atoms with van der Waals surface area (Å²) in [6.45, 7) is 0.171. The van der Waals surface area contributed by atoms with Gasteiger partial charge in [-0.05, 0) is 18.2 Å². The predicted molar refractivity (Wildman–Crippen MR) is 100 cm³/mol. The molecule has 0 aliphatic carbocycles. The van der Waals surface area contributed by atoms with Crippen LogP contribution in [0.3, 0.4) is 0 Å². The van der Waals surface area contributed by atoms with E-state index >= 15 is 0 Å². The first kappa shape index (κ1) is 19.8. The van der Waals surface area contributed by atoms with Crippen LogP contribution in [0, 0.1) is 10.1 Å². The predicted octanol–water partition coefficient (Wildman–Crippen LogP) is 0.116. The highest BCUT2D eigenvalue weighted by Crippen LogP contribution is 2.35. The Bertz CT molecular complexity index is 1140. The molecule has 2 aromatic heterocycles. The van der Waals surface area contributed by atoms with Gasteiger partial charge in [-0.25, -0.2) is 0 Å². The Kier molecular flexibility index (Phi) is 5.42. The maximum Gasteiger partial charge on any atom is 0.316 e. The van der Waals surface area contributed by atoms with E-state index in [2.05, 4.69) is 25.9 Å². The zero-order valence-corrected chi connectivity index (χ0v) is 15.8. The average molecular weight is 429 g/mol. The molecule has 3 aromatic rings. The largest absolute Gasteiger partial charge is 0.454 e. The number of hydrogen-bond donors (Lipinski definition) is 2. The molecule has 1 aromatic carbocycles. The number of fused-ring (bicyclic) bond motifs is 1. The third-order valence-electron chi connectivity index (χ3n) is 4.12. The second kappa shape index (κ2) is 8.48. The smallest absolute Gasteiger partial charge is 0.316 e. The van der Waals surface area contributed by atoms with Crippen molar-refractivity contribution in [2.45, 2.75) is 6.54 Å². The van der Waals surface area contributed by atoms with E-state index in [9.17, 15) is 19.7 Å². The van der Waals surface area contributed by atoms with Gasteiger partial charge in [-0.1, -0.05) is 5.16 Å². The third-order valence-corrected chi connectivity index (χ3v) is 4.12. The molecule has 4 rings (SSSR count). The molecule has 0 spiro atoms. The summed E-state index contributed by atoms with van der Waals surface area (Å²) in [6.07, 6.45) is 2.20. The standard InChI is InChI=1S/C17H15N7O7/c25-14(8-23-7-11(6-20-23)24(27)28)18-3-4-19-16(26)17-21-15(22-31-17)10-1-2-12-13(5-10)30-9-29-12/h1-2,5-7H,3-4,8-9H2,(H,18,25)(H,19,26). The van der Waals surface area contributed by atoms with Gasteiger partial charge < -0.3 is 24.6 Å². The van der Waals surface area contributed by atoms with Crippen LogP contribution in [0.4, 0.5) is 5.69 Å². The van der Waals surface area contributed by atoms with Crippen molar-refractivity contribution in [2.75, 3.05) is 19.9 Å². The lowest BCUT2D eigenvalue weighted by molar-refractivity contribution is -0.385. The number of nitrogens with zero attached hydrogens (tertiary/aromatic N) is 5. The summed E-state index contributed by atoms with van der Waals surface area (Å²) in [5.41, 5.74) is 0.387. The van der Waals surface area contributed by atoms with Gasteiger partial charge in [0, 0.05) is 18.7 Å². The molecule has 0 bridgehead atoms. The molecule has 14 heteroatoms. The van der Waals surface area contributed by atoms with Crippen molar-refractivity contribution < 1.29 is 28.5 Å². The van der Waals surface area contributed by atoms with Gasteiger partial charge in [0.05, 0.1) is 4.92 Å². The summed E-state index contributed by atoms with van der Waals surface area (Å²) in [5, 5.41) is 23.2. The molecular weight excluding hydrogens is 414 g/mol. The molecule has 0 saturated carbocycles. The molecule has 1 aliphatic heterocycles. The lowest BCUT2D eigenvalue weighted by Gasteiger charge is -2.05. The van der Waals surface area contributed by atoms with Crippen LogP contribution in [-0.2, 0) is 11.3 Å². The van der Waals surface area contributed by atoms with E-state index in [1.165, 1.54) is 0 Å². The van der Waals surface area contributed by atoms with Crippen LogP contribution >= 0.6 is 0 Å². The van der Waals surface area contributed by atoms with Crippen molar-refractivity contribution >= 4 is 17.5 Å². The van der Waals surface area contributed by atoms with Gasteiger partial charge >= 0.3 is 17.5 Å². The molecule has 0 saturated heterocycles. The van der Waals surface area contributed by atoms with Crippen LogP contribution in [0.15, 0.2) is 35.1 Å². The average Bonchev–Trinajstić information content (AvgIpc) is 3.50. The Morgan fingerprint density at radius 3 is 2.81 bits per heavy atom. The molecule has 0 atom stereocenters. The van der Waals surface area contributed by atoms with Crippen LogP contribution in [0.1, 0.15) is 10.7 Å². The Hall–Kier alpha value is -4.49. The van der Waals surface area contributed by atoms with Crippen LogP contribution in [0.5, 0.6) is 11.5 Å². The van der Waals surface area contributed by atoms with Gasteiger partial charge in [-0.3, -0.25) is 24.4 Å². The highest BCUT2D eigenvalue weighted by Gasteiger charge is 2.19. The van der Waals surface area contributed by atoms with Gasteiger partial charge in [0.2, 0.25) is 18.5 Å². The first-order valence-corrected chi connectivity index (χ1v) is 8.95. The minimum Gasteiger partial charge on any atom is -0.454 e. The molecule has 1 aliphatic rings. The van der Waals surface area contributed by atoms with Crippen molar-refractivity contribution in [3.63, 3.8) is 0 Å². The number of rotatable bonds is 8. The Morgan fingerprint density at radius 2 is 2.00 bits per heavy atom. The van der Waals surface area contributed by atoms with Crippen molar-refractivity contribution in [1.82, 2.24) is 30.6 Å². The normalized spacial score (nSPS) is 11.9. The minimum atomic E-state index is -0.605. The van der Waals surface area contributed by atoms with E-state index < -0.39 is 16.7 Å². The highest BCUT2D eigenvalue weighted by molar-refractivity contribution is 5.90. The van der Waals surface area contributed by atoms with E-state index in [0.717, 1.165) is 17.1 Å². The van der Waals surface area contributed by atoms with Crippen molar-refractivity contribution in [2.24, 2.45) is 0 Å². The van der Waals surface area contributed by atoms with Gasteiger partial charge in [-0.2, -0.15) is 10.1 Å². The lowest BCUT2D eigenvalue weighted by atomic mass is 10.2. The fraction of sp³-hybridized carbons (Fsp3) is 0.235. The molecule has 14 nitrogen and oxygen atoms in total. The van der Waals surface area contributed by atoms with Crippen molar-refractivity contribution in [3.8, 4) is 22.9 Å². The van der Waals surface area contributed by atoms with E-state index in [1.807, 2.05) is 0 Å². The molecule has 2 N–H and O–H groups in total. The molecule has 3 heterocycles. The number of nitrogens with one attached hydrogen (secondary N) is 2. The number of carbonyl (C=O) groups excluding carboxylic acids is 2. The SMILES string of the molecule is O=C(Cn1cc([N+](=O)[O-])cn1)NCCNC(=O)c1nc(-c2ccc3c(c2)OCO3)no1. The summed E-state index contributed by atoms with van der Waals surface area (Å²) in [5.74, 6) is 0.117. The number of benzene rings is 1. The van der Waals surface area contributed by atoms with Crippen molar-refractivity contribution in [3.05, 3.63) is 46.6 Å². The summed E-state index contributed by atoms with van der Waals surface area (Å²) in [4.78, 5) is 38.0.